The molecule has 1 aliphatic heterocycles. The van der Waals surface area contributed by atoms with Crippen LogP contribution in [0.15, 0.2) is 0 Å². The zero-order chi connectivity index (χ0) is 18.0. The number of piperidine rings is 1. The average Bonchev–Trinajstić information content (AvgIpc) is 2.43. The van der Waals surface area contributed by atoms with Crippen molar-refractivity contribution in [2.45, 2.75) is 84.4 Å². The van der Waals surface area contributed by atoms with Crippen LogP contribution in [0.25, 0.3) is 0 Å². The van der Waals surface area contributed by atoms with E-state index < -0.39 is 5.60 Å². The summed E-state index contributed by atoms with van der Waals surface area (Å²) >= 11 is 0. The predicted octanol–water partition coefficient (Wildman–Crippen LogP) is 3.16. The quantitative estimate of drug-likeness (QED) is 0.807. The van der Waals surface area contributed by atoms with Gasteiger partial charge in [0.2, 0.25) is 0 Å². The van der Waals surface area contributed by atoms with Gasteiger partial charge in [0, 0.05) is 25.2 Å². The molecule has 0 aromatic carbocycles. The SMILES string of the molecule is CC(C)C[C@H](CO)NC1CC2(CCN(C(=O)OC(C)(C)C)CC2)C1. The smallest absolute Gasteiger partial charge is 0.410 e. The molecule has 2 fully saturated rings. The number of likely N-dealkylation sites (tertiary alicyclic amines) is 1. The fourth-order valence-corrected chi connectivity index (χ4v) is 4.10. The van der Waals surface area contributed by atoms with E-state index in [0.717, 1.165) is 32.4 Å². The Bertz CT molecular complexity index is 415. The fourth-order valence-electron chi connectivity index (χ4n) is 4.10. The van der Waals surface area contributed by atoms with Gasteiger partial charge in [-0.25, -0.2) is 4.79 Å². The number of hydrogen-bond donors (Lipinski definition) is 2. The maximum Gasteiger partial charge on any atom is 0.410 e. The molecule has 1 amide bonds. The lowest BCUT2D eigenvalue weighted by atomic mass is 9.60. The summed E-state index contributed by atoms with van der Waals surface area (Å²) in [6.45, 7) is 11.9. The standard InChI is InChI=1S/C19H36N2O3/c1-14(2)10-15(13-22)20-16-11-19(12-16)6-8-21(9-7-19)17(23)24-18(3,4)5/h14-16,20,22H,6-13H2,1-5H3/t15-/m1/s1. The van der Waals surface area contributed by atoms with Crippen LogP contribution < -0.4 is 5.32 Å². The Morgan fingerprint density at radius 1 is 1.29 bits per heavy atom. The number of aliphatic hydroxyl groups excluding tert-OH is 1. The van der Waals surface area contributed by atoms with Crippen molar-refractivity contribution in [3.63, 3.8) is 0 Å². The highest BCUT2D eigenvalue weighted by Crippen LogP contribution is 2.49. The number of hydrogen-bond acceptors (Lipinski definition) is 4. The summed E-state index contributed by atoms with van der Waals surface area (Å²) in [6.07, 6.45) is 5.32. The molecule has 0 bridgehead atoms. The van der Waals surface area contributed by atoms with E-state index in [1.807, 2.05) is 25.7 Å². The number of aliphatic hydroxyl groups is 1. The third-order valence-corrected chi connectivity index (χ3v) is 5.28. The lowest BCUT2D eigenvalue weighted by Gasteiger charge is -2.53. The van der Waals surface area contributed by atoms with E-state index in [1.165, 1.54) is 12.8 Å². The van der Waals surface area contributed by atoms with Crippen LogP contribution in [0.2, 0.25) is 0 Å². The molecular weight excluding hydrogens is 304 g/mol. The van der Waals surface area contributed by atoms with Gasteiger partial charge < -0.3 is 20.1 Å². The molecule has 1 aliphatic carbocycles. The van der Waals surface area contributed by atoms with Gasteiger partial charge in [-0.2, -0.15) is 0 Å². The topological polar surface area (TPSA) is 61.8 Å². The first-order chi connectivity index (χ1) is 11.1. The van der Waals surface area contributed by atoms with E-state index in [2.05, 4.69) is 19.2 Å². The Balaban J connectivity index is 1.73. The van der Waals surface area contributed by atoms with Gasteiger partial charge in [-0.3, -0.25) is 0 Å². The average molecular weight is 341 g/mol. The molecule has 1 atom stereocenters. The first-order valence-corrected chi connectivity index (χ1v) is 9.47. The Morgan fingerprint density at radius 3 is 2.33 bits per heavy atom. The highest BCUT2D eigenvalue weighted by molar-refractivity contribution is 5.68. The first-order valence-electron chi connectivity index (χ1n) is 9.47. The van der Waals surface area contributed by atoms with Gasteiger partial charge in [0.25, 0.3) is 0 Å². The predicted molar refractivity (Wildman–Crippen MR) is 96.0 cm³/mol. The third-order valence-electron chi connectivity index (χ3n) is 5.28. The second-order valence-corrected chi connectivity index (χ2v) is 9.25. The summed E-state index contributed by atoms with van der Waals surface area (Å²) in [7, 11) is 0. The summed E-state index contributed by atoms with van der Waals surface area (Å²) in [4.78, 5) is 14.0. The maximum absolute atomic E-state index is 12.1. The van der Waals surface area contributed by atoms with E-state index in [0.29, 0.717) is 17.4 Å². The van der Waals surface area contributed by atoms with Gasteiger partial charge in [0.1, 0.15) is 5.60 Å². The van der Waals surface area contributed by atoms with Gasteiger partial charge in [-0.1, -0.05) is 13.8 Å². The summed E-state index contributed by atoms with van der Waals surface area (Å²) in [5.41, 5.74) is -0.0263. The van der Waals surface area contributed by atoms with E-state index in [4.69, 9.17) is 4.74 Å². The van der Waals surface area contributed by atoms with Crippen molar-refractivity contribution < 1.29 is 14.6 Å². The van der Waals surface area contributed by atoms with Crippen LogP contribution in [0.3, 0.4) is 0 Å². The molecule has 0 aromatic rings. The minimum Gasteiger partial charge on any atom is -0.444 e. The van der Waals surface area contributed by atoms with E-state index in [1.54, 1.807) is 0 Å². The normalized spacial score (nSPS) is 22.5. The van der Waals surface area contributed by atoms with E-state index in [9.17, 15) is 9.90 Å². The first kappa shape index (κ1) is 19.5. The van der Waals surface area contributed by atoms with E-state index >= 15 is 0 Å². The molecule has 2 rings (SSSR count). The lowest BCUT2D eigenvalue weighted by Crippen LogP contribution is -2.57. The molecule has 2 aliphatic rings. The Morgan fingerprint density at radius 2 is 1.88 bits per heavy atom. The van der Waals surface area contributed by atoms with Gasteiger partial charge in [-0.05, 0) is 64.2 Å². The van der Waals surface area contributed by atoms with Crippen LogP contribution in [0.5, 0.6) is 0 Å². The molecule has 140 valence electrons. The van der Waals surface area contributed by atoms with Crippen LogP contribution in [0.1, 0.15) is 66.7 Å². The van der Waals surface area contributed by atoms with Gasteiger partial charge in [0.05, 0.1) is 6.61 Å². The summed E-state index contributed by atoms with van der Waals surface area (Å²) < 4.78 is 5.47. The molecular formula is C19H36N2O3. The lowest BCUT2D eigenvalue weighted by molar-refractivity contribution is -0.0195. The molecule has 5 nitrogen and oxygen atoms in total. The van der Waals surface area contributed by atoms with Crippen molar-refractivity contribution in [3.8, 4) is 0 Å². The highest BCUT2D eigenvalue weighted by Gasteiger charge is 2.47. The molecule has 1 saturated carbocycles. The Hall–Kier alpha value is -0.810. The molecule has 5 heteroatoms. The number of ether oxygens (including phenoxy) is 1. The zero-order valence-electron chi connectivity index (χ0n) is 16.1. The monoisotopic (exact) mass is 340 g/mol. The number of carbonyl (C=O) groups excluding carboxylic acids is 1. The second kappa shape index (κ2) is 7.61. The van der Waals surface area contributed by atoms with Crippen molar-refractivity contribution in [2.75, 3.05) is 19.7 Å². The zero-order valence-corrected chi connectivity index (χ0v) is 16.1. The molecule has 24 heavy (non-hydrogen) atoms. The third kappa shape index (κ3) is 5.35. The Kier molecular flexibility index (Phi) is 6.19. The molecule has 2 N–H and O–H groups in total. The van der Waals surface area contributed by atoms with Crippen molar-refractivity contribution >= 4 is 6.09 Å². The number of nitrogens with zero attached hydrogens (tertiary/aromatic N) is 1. The number of nitrogens with one attached hydrogen (secondary N) is 1. The number of amides is 1. The highest BCUT2D eigenvalue weighted by atomic mass is 16.6. The molecule has 1 spiro atoms. The van der Waals surface area contributed by atoms with Crippen LogP contribution in [-0.4, -0.2) is 53.5 Å². The van der Waals surface area contributed by atoms with Gasteiger partial charge in [-0.15, -0.1) is 0 Å². The summed E-state index contributed by atoms with van der Waals surface area (Å²) in [5.74, 6) is 0.598. The van der Waals surface area contributed by atoms with Gasteiger partial charge >= 0.3 is 6.09 Å². The van der Waals surface area contributed by atoms with Gasteiger partial charge in [0.15, 0.2) is 0 Å². The van der Waals surface area contributed by atoms with Crippen molar-refractivity contribution in [1.29, 1.82) is 0 Å². The molecule has 1 saturated heterocycles. The van der Waals surface area contributed by atoms with Crippen LogP contribution in [0.4, 0.5) is 4.79 Å². The maximum atomic E-state index is 12.1. The number of rotatable bonds is 5. The minimum atomic E-state index is -0.423. The molecule has 0 radical (unpaired) electrons. The molecule has 1 heterocycles. The van der Waals surface area contributed by atoms with Crippen LogP contribution >= 0.6 is 0 Å². The van der Waals surface area contributed by atoms with Crippen molar-refractivity contribution in [3.05, 3.63) is 0 Å². The second-order valence-electron chi connectivity index (χ2n) is 9.25. The molecule has 0 aromatic heterocycles. The summed E-state index contributed by atoms with van der Waals surface area (Å²) in [6, 6.07) is 0.739. The number of carbonyl (C=O) groups is 1. The van der Waals surface area contributed by atoms with E-state index in [-0.39, 0.29) is 18.7 Å². The summed E-state index contributed by atoms with van der Waals surface area (Å²) in [5, 5.41) is 13.1. The van der Waals surface area contributed by atoms with Crippen LogP contribution in [0, 0.1) is 11.3 Å². The fraction of sp³-hybridized carbons (Fsp3) is 0.947. The van der Waals surface area contributed by atoms with Crippen LogP contribution in [-0.2, 0) is 4.74 Å². The van der Waals surface area contributed by atoms with Crippen molar-refractivity contribution in [1.82, 2.24) is 10.2 Å². The van der Waals surface area contributed by atoms with Crippen molar-refractivity contribution in [2.24, 2.45) is 11.3 Å². The minimum absolute atomic E-state index is 0.177. The Labute approximate surface area is 147 Å². The molecule has 0 unspecified atom stereocenters. The largest absolute Gasteiger partial charge is 0.444 e.